The molecular formula is C18H21N3O2S. The van der Waals surface area contributed by atoms with E-state index in [-0.39, 0.29) is 17.7 Å². The third-order valence-electron chi connectivity index (χ3n) is 4.33. The molecule has 2 aromatic rings. The number of likely N-dealkylation sites (tertiary alicyclic amines) is 1. The Morgan fingerprint density at radius 2 is 1.96 bits per heavy atom. The van der Waals surface area contributed by atoms with Crippen LogP contribution in [0.15, 0.2) is 35.7 Å². The molecular weight excluding hydrogens is 322 g/mol. The molecule has 126 valence electrons. The second kappa shape index (κ2) is 7.57. The van der Waals surface area contributed by atoms with E-state index in [0.29, 0.717) is 19.6 Å². The number of rotatable bonds is 4. The van der Waals surface area contributed by atoms with Crippen LogP contribution in [0.3, 0.4) is 0 Å². The molecule has 0 radical (unpaired) electrons. The molecule has 0 saturated carbocycles. The lowest BCUT2D eigenvalue weighted by Gasteiger charge is -2.30. The highest BCUT2D eigenvalue weighted by molar-refractivity contribution is 7.13. The highest BCUT2D eigenvalue weighted by Gasteiger charge is 2.25. The molecule has 1 fully saturated rings. The van der Waals surface area contributed by atoms with Gasteiger partial charge < -0.3 is 10.2 Å². The molecule has 1 aliphatic rings. The maximum absolute atomic E-state index is 12.3. The standard InChI is InChI=1S/C18H21N3O2S/c1-13(22)21-9-7-14(8-10-21)17(23)19-11-16-12-24-18(20-16)15-5-3-2-4-6-15/h2-6,12,14H,7-11H2,1H3,(H,19,23). The first-order valence-corrected chi connectivity index (χ1v) is 9.04. The van der Waals surface area contributed by atoms with Crippen molar-refractivity contribution in [1.29, 1.82) is 0 Å². The minimum Gasteiger partial charge on any atom is -0.350 e. The van der Waals surface area contributed by atoms with Gasteiger partial charge in [0.25, 0.3) is 0 Å². The van der Waals surface area contributed by atoms with Gasteiger partial charge in [0.2, 0.25) is 11.8 Å². The molecule has 0 spiro atoms. The normalized spacial score (nSPS) is 15.3. The van der Waals surface area contributed by atoms with Crippen molar-refractivity contribution in [2.45, 2.75) is 26.3 Å². The van der Waals surface area contributed by atoms with E-state index in [9.17, 15) is 9.59 Å². The second-order valence-corrected chi connectivity index (χ2v) is 6.87. The number of piperidine rings is 1. The maximum Gasteiger partial charge on any atom is 0.223 e. The minimum atomic E-state index is -0.00664. The Morgan fingerprint density at radius 3 is 2.62 bits per heavy atom. The molecule has 3 rings (SSSR count). The molecule has 1 aromatic heterocycles. The summed E-state index contributed by atoms with van der Waals surface area (Å²) in [6, 6.07) is 10.0. The highest BCUT2D eigenvalue weighted by atomic mass is 32.1. The van der Waals surface area contributed by atoms with Gasteiger partial charge in [0.15, 0.2) is 0 Å². The van der Waals surface area contributed by atoms with E-state index in [0.717, 1.165) is 29.1 Å². The fourth-order valence-corrected chi connectivity index (χ4v) is 3.71. The van der Waals surface area contributed by atoms with Crippen LogP contribution >= 0.6 is 11.3 Å². The largest absolute Gasteiger partial charge is 0.350 e. The van der Waals surface area contributed by atoms with Crippen LogP contribution in [-0.4, -0.2) is 34.8 Å². The van der Waals surface area contributed by atoms with E-state index in [1.807, 2.05) is 35.7 Å². The molecule has 0 aliphatic carbocycles. The summed E-state index contributed by atoms with van der Waals surface area (Å²) in [5, 5.41) is 5.93. The molecule has 1 N–H and O–H groups in total. The summed E-state index contributed by atoms with van der Waals surface area (Å²) in [7, 11) is 0. The molecule has 1 saturated heterocycles. The van der Waals surface area contributed by atoms with E-state index in [2.05, 4.69) is 10.3 Å². The fourth-order valence-electron chi connectivity index (χ4n) is 2.88. The molecule has 6 heteroatoms. The Morgan fingerprint density at radius 1 is 1.25 bits per heavy atom. The third-order valence-corrected chi connectivity index (χ3v) is 5.27. The van der Waals surface area contributed by atoms with Crippen LogP contribution in [0.25, 0.3) is 10.6 Å². The lowest BCUT2D eigenvalue weighted by atomic mass is 9.96. The molecule has 2 heterocycles. The van der Waals surface area contributed by atoms with Gasteiger partial charge in [0.05, 0.1) is 12.2 Å². The van der Waals surface area contributed by atoms with Crippen molar-refractivity contribution in [3.05, 3.63) is 41.4 Å². The molecule has 5 nitrogen and oxygen atoms in total. The van der Waals surface area contributed by atoms with Gasteiger partial charge in [-0.05, 0) is 12.8 Å². The van der Waals surface area contributed by atoms with Crippen molar-refractivity contribution in [1.82, 2.24) is 15.2 Å². The van der Waals surface area contributed by atoms with Gasteiger partial charge in [0, 0.05) is 36.9 Å². The van der Waals surface area contributed by atoms with E-state index < -0.39 is 0 Å². The summed E-state index contributed by atoms with van der Waals surface area (Å²) < 4.78 is 0. The predicted molar refractivity (Wildman–Crippen MR) is 94.4 cm³/mol. The molecule has 24 heavy (non-hydrogen) atoms. The molecule has 0 atom stereocenters. The average Bonchev–Trinajstić information content (AvgIpc) is 3.09. The number of carbonyl (C=O) groups is 2. The van der Waals surface area contributed by atoms with Crippen molar-refractivity contribution in [3.8, 4) is 10.6 Å². The van der Waals surface area contributed by atoms with Crippen molar-refractivity contribution >= 4 is 23.2 Å². The van der Waals surface area contributed by atoms with Gasteiger partial charge in [0.1, 0.15) is 5.01 Å². The first-order chi connectivity index (χ1) is 11.6. The van der Waals surface area contributed by atoms with Gasteiger partial charge >= 0.3 is 0 Å². The summed E-state index contributed by atoms with van der Waals surface area (Å²) >= 11 is 1.59. The lowest BCUT2D eigenvalue weighted by Crippen LogP contribution is -2.42. The van der Waals surface area contributed by atoms with Crippen molar-refractivity contribution in [2.75, 3.05) is 13.1 Å². The summed E-state index contributed by atoms with van der Waals surface area (Å²) in [4.78, 5) is 30.0. The zero-order chi connectivity index (χ0) is 16.9. The smallest absolute Gasteiger partial charge is 0.223 e. The van der Waals surface area contributed by atoms with Crippen molar-refractivity contribution in [3.63, 3.8) is 0 Å². The number of hydrogen-bond donors (Lipinski definition) is 1. The number of thiazole rings is 1. The Bertz CT molecular complexity index is 706. The first-order valence-electron chi connectivity index (χ1n) is 8.16. The Labute approximate surface area is 145 Å². The van der Waals surface area contributed by atoms with E-state index in [4.69, 9.17) is 0 Å². The third kappa shape index (κ3) is 4.00. The Kier molecular flexibility index (Phi) is 5.25. The number of benzene rings is 1. The van der Waals surface area contributed by atoms with Crippen molar-refractivity contribution < 1.29 is 9.59 Å². The SMILES string of the molecule is CC(=O)N1CCC(C(=O)NCc2csc(-c3ccccc3)n2)CC1. The van der Waals surface area contributed by atoms with E-state index in [1.54, 1.807) is 23.2 Å². The molecule has 0 bridgehead atoms. The summed E-state index contributed by atoms with van der Waals surface area (Å²) in [6.45, 7) is 3.37. The number of hydrogen-bond acceptors (Lipinski definition) is 4. The van der Waals surface area contributed by atoms with Crippen LogP contribution in [0.4, 0.5) is 0 Å². The van der Waals surface area contributed by atoms with Crippen LogP contribution in [0.5, 0.6) is 0 Å². The number of nitrogens with zero attached hydrogens (tertiary/aromatic N) is 2. The van der Waals surface area contributed by atoms with Crippen LogP contribution < -0.4 is 5.32 Å². The fraction of sp³-hybridized carbons (Fsp3) is 0.389. The summed E-state index contributed by atoms with van der Waals surface area (Å²) in [6.07, 6.45) is 1.47. The average molecular weight is 343 g/mol. The summed E-state index contributed by atoms with van der Waals surface area (Å²) in [5.41, 5.74) is 1.98. The Balaban J connectivity index is 1.50. The zero-order valence-corrected chi connectivity index (χ0v) is 14.5. The molecule has 1 aromatic carbocycles. The molecule has 0 unspecified atom stereocenters. The predicted octanol–water partition coefficient (Wildman–Crippen LogP) is 2.68. The van der Waals surface area contributed by atoms with Crippen molar-refractivity contribution in [2.24, 2.45) is 5.92 Å². The van der Waals surface area contributed by atoms with Gasteiger partial charge in [-0.15, -0.1) is 11.3 Å². The van der Waals surface area contributed by atoms with Gasteiger partial charge in [-0.2, -0.15) is 0 Å². The maximum atomic E-state index is 12.3. The minimum absolute atomic E-state index is 0.00664. The van der Waals surface area contributed by atoms with Crippen LogP contribution in [0.1, 0.15) is 25.5 Å². The number of nitrogens with one attached hydrogen (secondary N) is 1. The first kappa shape index (κ1) is 16.6. The van der Waals surface area contributed by atoms with Crippen LogP contribution in [0.2, 0.25) is 0 Å². The van der Waals surface area contributed by atoms with Crippen LogP contribution in [-0.2, 0) is 16.1 Å². The number of aromatic nitrogens is 1. The van der Waals surface area contributed by atoms with Crippen LogP contribution in [0, 0.1) is 5.92 Å². The quantitative estimate of drug-likeness (QED) is 0.928. The van der Waals surface area contributed by atoms with Gasteiger partial charge in [-0.3, -0.25) is 9.59 Å². The number of carbonyl (C=O) groups excluding carboxylic acids is 2. The molecule has 1 aliphatic heterocycles. The topological polar surface area (TPSA) is 62.3 Å². The monoisotopic (exact) mass is 343 g/mol. The second-order valence-electron chi connectivity index (χ2n) is 6.01. The lowest BCUT2D eigenvalue weighted by molar-refractivity contribution is -0.134. The Hall–Kier alpha value is -2.21. The van der Waals surface area contributed by atoms with Gasteiger partial charge in [-0.1, -0.05) is 30.3 Å². The zero-order valence-electron chi connectivity index (χ0n) is 13.7. The number of amides is 2. The highest BCUT2D eigenvalue weighted by Crippen LogP contribution is 2.23. The van der Waals surface area contributed by atoms with E-state index >= 15 is 0 Å². The van der Waals surface area contributed by atoms with Gasteiger partial charge in [-0.25, -0.2) is 4.98 Å². The molecule has 2 amide bonds. The van der Waals surface area contributed by atoms with E-state index in [1.165, 1.54) is 0 Å². The summed E-state index contributed by atoms with van der Waals surface area (Å²) in [5.74, 6) is 0.144.